The lowest BCUT2D eigenvalue weighted by Crippen LogP contribution is -2.38. The second kappa shape index (κ2) is 9.86. The molecule has 0 amide bonds. The van der Waals surface area contributed by atoms with Crippen molar-refractivity contribution in [2.45, 2.75) is 10.8 Å². The Morgan fingerprint density at radius 1 is 1.17 bits per heavy atom. The van der Waals surface area contributed by atoms with Crippen LogP contribution in [0.5, 0.6) is 0 Å². The summed E-state index contributed by atoms with van der Waals surface area (Å²) in [5.41, 5.74) is 2.32. The first-order chi connectivity index (χ1) is 14.7. The second-order valence-electron chi connectivity index (χ2n) is 6.61. The number of hydrogen-bond donors (Lipinski definition) is 2. The minimum atomic E-state index is -0.793. The van der Waals surface area contributed by atoms with Crippen molar-refractivity contribution in [3.05, 3.63) is 41.2 Å². The Hall–Kier alpha value is -2.01. The van der Waals surface area contributed by atoms with Crippen molar-refractivity contribution in [3.63, 3.8) is 0 Å². The highest BCUT2D eigenvalue weighted by Gasteiger charge is 2.22. The summed E-state index contributed by atoms with van der Waals surface area (Å²) in [6, 6.07) is 7.71. The number of nitrogens with one attached hydrogen (secondary N) is 1. The number of rotatable bonds is 7. The maximum absolute atomic E-state index is 11.8. The summed E-state index contributed by atoms with van der Waals surface area (Å²) in [6.07, 6.45) is 1.52. The van der Waals surface area contributed by atoms with Crippen LogP contribution in [0.3, 0.4) is 0 Å². The molecule has 0 bridgehead atoms. The monoisotopic (exact) mass is 464 g/mol. The zero-order chi connectivity index (χ0) is 20.9. The largest absolute Gasteiger partial charge is 0.395 e. The van der Waals surface area contributed by atoms with Gasteiger partial charge in [0.25, 0.3) is 0 Å². The van der Waals surface area contributed by atoms with E-state index in [1.165, 1.54) is 18.1 Å². The lowest BCUT2D eigenvalue weighted by atomic mass is 10.2. The van der Waals surface area contributed by atoms with Crippen molar-refractivity contribution in [1.29, 1.82) is 0 Å². The Morgan fingerprint density at radius 2 is 1.97 bits per heavy atom. The van der Waals surface area contributed by atoms with Crippen molar-refractivity contribution in [2.75, 3.05) is 48.0 Å². The second-order valence-corrected chi connectivity index (χ2v) is 9.68. The number of halogens is 1. The van der Waals surface area contributed by atoms with E-state index in [0.29, 0.717) is 64.7 Å². The standard InChI is InChI=1S/C19H21ClN6O2S2/c20-14-4-2-1-3-13(14)11-29-18-16-15(22-12-23-18)17(25-19(24-16)21-5-8-27)26-6-9-30(28)10-7-26/h1-4,12,27H,5-11H2,(H,21,24,25). The molecule has 3 heterocycles. The molecule has 4 rings (SSSR count). The summed E-state index contributed by atoms with van der Waals surface area (Å²) in [4.78, 5) is 20.2. The highest BCUT2D eigenvalue weighted by molar-refractivity contribution is 7.98. The number of anilines is 2. The average molecular weight is 465 g/mol. The molecule has 1 saturated heterocycles. The first-order valence-electron chi connectivity index (χ1n) is 9.49. The van der Waals surface area contributed by atoms with Gasteiger partial charge in [-0.1, -0.05) is 41.6 Å². The number of thioether (sulfide) groups is 1. The maximum atomic E-state index is 11.8. The number of nitrogens with zero attached hydrogens (tertiary/aromatic N) is 5. The molecular formula is C19H21ClN6O2S2. The summed E-state index contributed by atoms with van der Waals surface area (Å²) >= 11 is 7.83. The van der Waals surface area contributed by atoms with E-state index in [0.717, 1.165) is 10.6 Å². The van der Waals surface area contributed by atoms with E-state index in [4.69, 9.17) is 11.6 Å². The SMILES string of the molecule is O=S1CCN(c2nc(NCCO)nc3c(SCc4ccccc4Cl)ncnc23)CC1. The Labute approximate surface area is 186 Å². The van der Waals surface area contributed by atoms with Crippen molar-refractivity contribution >= 4 is 57.0 Å². The molecule has 11 heteroatoms. The molecule has 0 unspecified atom stereocenters. The Balaban J connectivity index is 1.71. The highest BCUT2D eigenvalue weighted by Crippen LogP contribution is 2.32. The fraction of sp³-hybridized carbons (Fsp3) is 0.368. The fourth-order valence-electron chi connectivity index (χ4n) is 3.10. The lowest BCUT2D eigenvalue weighted by molar-refractivity contribution is 0.311. The van der Waals surface area contributed by atoms with E-state index < -0.39 is 10.8 Å². The van der Waals surface area contributed by atoms with Gasteiger partial charge < -0.3 is 15.3 Å². The van der Waals surface area contributed by atoms with Gasteiger partial charge in [-0.2, -0.15) is 4.98 Å². The van der Waals surface area contributed by atoms with Gasteiger partial charge >= 0.3 is 0 Å². The molecule has 30 heavy (non-hydrogen) atoms. The van der Waals surface area contributed by atoms with Crippen LogP contribution in [0.1, 0.15) is 5.56 Å². The molecule has 0 spiro atoms. The summed E-state index contributed by atoms with van der Waals surface area (Å²) in [6.45, 7) is 1.60. The van der Waals surface area contributed by atoms with Crippen LogP contribution >= 0.6 is 23.4 Å². The first kappa shape index (κ1) is 21.2. The Morgan fingerprint density at radius 3 is 2.73 bits per heavy atom. The van der Waals surface area contributed by atoms with E-state index in [1.54, 1.807) is 0 Å². The van der Waals surface area contributed by atoms with Gasteiger partial charge in [-0.3, -0.25) is 4.21 Å². The Bertz CT molecular complexity index is 1060. The van der Waals surface area contributed by atoms with Crippen LogP contribution in [-0.4, -0.2) is 67.0 Å². The summed E-state index contributed by atoms with van der Waals surface area (Å²) in [5, 5.41) is 13.7. The number of aromatic nitrogens is 4. The van der Waals surface area contributed by atoms with Gasteiger partial charge in [0, 0.05) is 52.7 Å². The van der Waals surface area contributed by atoms with Crippen LogP contribution in [0, 0.1) is 0 Å². The van der Waals surface area contributed by atoms with Crippen LogP contribution in [0.15, 0.2) is 35.6 Å². The third kappa shape index (κ3) is 4.83. The third-order valence-electron chi connectivity index (χ3n) is 4.62. The molecule has 2 aromatic heterocycles. The normalized spacial score (nSPS) is 14.9. The maximum Gasteiger partial charge on any atom is 0.225 e. The van der Waals surface area contributed by atoms with E-state index >= 15 is 0 Å². The number of hydrogen-bond acceptors (Lipinski definition) is 9. The molecule has 1 aliphatic heterocycles. The van der Waals surface area contributed by atoms with Gasteiger partial charge in [-0.25, -0.2) is 15.0 Å². The zero-order valence-corrected chi connectivity index (χ0v) is 18.5. The van der Waals surface area contributed by atoms with Gasteiger partial charge in [0.15, 0.2) is 5.82 Å². The van der Waals surface area contributed by atoms with Crippen LogP contribution < -0.4 is 10.2 Å². The molecule has 0 saturated carbocycles. The number of aliphatic hydroxyl groups is 1. The van der Waals surface area contributed by atoms with Crippen LogP contribution in [0.4, 0.5) is 11.8 Å². The smallest absolute Gasteiger partial charge is 0.225 e. The molecule has 1 aromatic carbocycles. The molecule has 0 aliphatic carbocycles. The Kier molecular flexibility index (Phi) is 6.98. The van der Waals surface area contributed by atoms with Crippen LogP contribution in [0.2, 0.25) is 5.02 Å². The van der Waals surface area contributed by atoms with Gasteiger partial charge in [0.1, 0.15) is 22.4 Å². The van der Waals surface area contributed by atoms with E-state index in [1.807, 2.05) is 24.3 Å². The molecule has 0 atom stereocenters. The van der Waals surface area contributed by atoms with Gasteiger partial charge in [0.2, 0.25) is 5.95 Å². The summed E-state index contributed by atoms with van der Waals surface area (Å²) in [7, 11) is -0.793. The molecule has 1 fully saturated rings. The van der Waals surface area contributed by atoms with Gasteiger partial charge in [-0.05, 0) is 11.6 Å². The van der Waals surface area contributed by atoms with Crippen molar-refractivity contribution in [1.82, 2.24) is 19.9 Å². The number of fused-ring (bicyclic) bond motifs is 1. The average Bonchev–Trinajstić information content (AvgIpc) is 2.77. The topological polar surface area (TPSA) is 104 Å². The highest BCUT2D eigenvalue weighted by atomic mass is 35.5. The van der Waals surface area contributed by atoms with Crippen LogP contribution in [0.25, 0.3) is 11.0 Å². The molecule has 8 nitrogen and oxygen atoms in total. The van der Waals surface area contributed by atoms with E-state index in [9.17, 15) is 9.32 Å². The van der Waals surface area contributed by atoms with Crippen LogP contribution in [-0.2, 0) is 16.6 Å². The molecule has 1 aliphatic rings. The third-order valence-corrected chi connectivity index (χ3v) is 7.30. The number of aliphatic hydroxyl groups excluding tert-OH is 1. The fourth-order valence-corrected chi connectivity index (χ4v) is 5.37. The molecule has 2 N–H and O–H groups in total. The molecule has 0 radical (unpaired) electrons. The minimum absolute atomic E-state index is 0.0289. The molecule has 158 valence electrons. The predicted molar refractivity (Wildman–Crippen MR) is 122 cm³/mol. The minimum Gasteiger partial charge on any atom is -0.395 e. The predicted octanol–water partition coefficient (Wildman–Crippen LogP) is 2.34. The quantitative estimate of drug-likeness (QED) is 0.402. The zero-order valence-electron chi connectivity index (χ0n) is 16.1. The van der Waals surface area contributed by atoms with Gasteiger partial charge in [-0.15, -0.1) is 0 Å². The van der Waals surface area contributed by atoms with Crippen molar-refractivity contribution in [3.8, 4) is 0 Å². The molecule has 3 aromatic rings. The summed E-state index contributed by atoms with van der Waals surface area (Å²) < 4.78 is 11.8. The summed E-state index contributed by atoms with van der Waals surface area (Å²) in [5.74, 6) is 2.95. The number of benzene rings is 1. The van der Waals surface area contributed by atoms with Crippen molar-refractivity contribution < 1.29 is 9.32 Å². The molecular weight excluding hydrogens is 444 g/mol. The first-order valence-corrected chi connectivity index (χ1v) is 12.3. The van der Waals surface area contributed by atoms with Gasteiger partial charge in [0.05, 0.1) is 6.61 Å². The van der Waals surface area contributed by atoms with E-state index in [-0.39, 0.29) is 6.61 Å². The lowest BCUT2D eigenvalue weighted by Gasteiger charge is -2.28. The van der Waals surface area contributed by atoms with E-state index in [2.05, 4.69) is 30.2 Å². The van der Waals surface area contributed by atoms with Crippen molar-refractivity contribution in [2.24, 2.45) is 0 Å².